The van der Waals surface area contributed by atoms with Crippen LogP contribution >= 0.6 is 0 Å². The Kier molecular flexibility index (Phi) is 3.45. The fraction of sp³-hybridized carbons (Fsp3) is 0.154. The number of nitrogens with zero attached hydrogens (tertiary/aromatic N) is 1. The largest absolute Gasteiger partial charge is 0.508 e. The molecule has 0 saturated heterocycles. The first-order valence-electron chi connectivity index (χ1n) is 5.48. The third kappa shape index (κ3) is 3.38. The van der Waals surface area contributed by atoms with Crippen LogP contribution in [0, 0.1) is 0 Å². The molecule has 2 rings (SSSR count). The first-order chi connectivity index (χ1) is 8.24. The van der Waals surface area contributed by atoms with Crippen LogP contribution in [0.4, 0.5) is 11.6 Å². The van der Waals surface area contributed by atoms with E-state index >= 15 is 0 Å². The zero-order valence-corrected chi connectivity index (χ0v) is 9.43. The minimum atomic E-state index is 0.291. The lowest BCUT2D eigenvalue weighted by Gasteiger charge is -2.06. The molecule has 0 atom stereocenters. The van der Waals surface area contributed by atoms with Crippen molar-refractivity contribution < 1.29 is 5.11 Å². The van der Waals surface area contributed by atoms with Gasteiger partial charge in [0, 0.05) is 6.54 Å². The molecule has 88 valence electrons. The Balaban J connectivity index is 1.85. The number of aromatic nitrogens is 1. The summed E-state index contributed by atoms with van der Waals surface area (Å²) in [6.45, 7) is 0.779. The van der Waals surface area contributed by atoms with E-state index in [-0.39, 0.29) is 0 Å². The Bertz CT molecular complexity index is 482. The van der Waals surface area contributed by atoms with Crippen molar-refractivity contribution in [2.75, 3.05) is 17.6 Å². The zero-order chi connectivity index (χ0) is 12.1. The smallest absolute Gasteiger partial charge is 0.128 e. The molecule has 0 aliphatic carbocycles. The second-order valence-corrected chi connectivity index (χ2v) is 3.79. The Morgan fingerprint density at radius 3 is 2.59 bits per heavy atom. The third-order valence-corrected chi connectivity index (χ3v) is 2.43. The summed E-state index contributed by atoms with van der Waals surface area (Å²) < 4.78 is 0. The number of aromatic hydroxyl groups is 1. The number of anilines is 2. The van der Waals surface area contributed by atoms with Crippen molar-refractivity contribution in [3.05, 3.63) is 48.0 Å². The number of pyridine rings is 1. The van der Waals surface area contributed by atoms with Crippen LogP contribution in [0.1, 0.15) is 5.56 Å². The van der Waals surface area contributed by atoms with Crippen LogP contribution in [0.3, 0.4) is 0 Å². The normalized spacial score (nSPS) is 10.1. The van der Waals surface area contributed by atoms with Crippen LogP contribution in [0.25, 0.3) is 0 Å². The summed E-state index contributed by atoms with van der Waals surface area (Å²) in [6.07, 6.45) is 0.872. The predicted octanol–water partition coefficient (Wildman–Crippen LogP) is 2.02. The van der Waals surface area contributed by atoms with Crippen LogP contribution < -0.4 is 11.1 Å². The van der Waals surface area contributed by atoms with Gasteiger partial charge < -0.3 is 16.2 Å². The number of benzene rings is 1. The lowest BCUT2D eigenvalue weighted by atomic mass is 10.1. The average molecular weight is 229 g/mol. The maximum atomic E-state index is 9.15. The number of nitrogen functional groups attached to an aromatic ring is 1. The van der Waals surface area contributed by atoms with Gasteiger partial charge in [-0.3, -0.25) is 0 Å². The minimum absolute atomic E-state index is 0.291. The first-order valence-corrected chi connectivity index (χ1v) is 5.48. The van der Waals surface area contributed by atoms with Gasteiger partial charge in [0.05, 0.1) is 0 Å². The molecule has 4 nitrogen and oxygen atoms in total. The summed E-state index contributed by atoms with van der Waals surface area (Å²) in [4.78, 5) is 4.15. The highest BCUT2D eigenvalue weighted by atomic mass is 16.3. The molecular weight excluding hydrogens is 214 g/mol. The number of hydrogen-bond acceptors (Lipinski definition) is 4. The standard InChI is InChI=1S/C13H15N3O/c14-12-2-1-3-13(16-12)15-9-8-10-4-6-11(17)7-5-10/h1-7,17H,8-9H2,(H3,14,15,16). The number of phenols is 1. The van der Waals surface area contributed by atoms with Crippen molar-refractivity contribution in [1.29, 1.82) is 0 Å². The highest BCUT2D eigenvalue weighted by Gasteiger charge is 1.96. The van der Waals surface area contributed by atoms with Gasteiger partial charge in [0.25, 0.3) is 0 Å². The number of nitrogens with one attached hydrogen (secondary N) is 1. The van der Waals surface area contributed by atoms with E-state index in [0.717, 1.165) is 18.8 Å². The Labute approximate surface area is 100 Å². The molecule has 1 heterocycles. The molecule has 0 saturated carbocycles. The van der Waals surface area contributed by atoms with E-state index in [1.165, 1.54) is 5.56 Å². The number of hydrogen-bond donors (Lipinski definition) is 3. The van der Waals surface area contributed by atoms with E-state index in [0.29, 0.717) is 11.6 Å². The van der Waals surface area contributed by atoms with Crippen LogP contribution in [-0.4, -0.2) is 16.6 Å². The van der Waals surface area contributed by atoms with E-state index in [1.54, 1.807) is 18.2 Å². The molecule has 2 aromatic rings. The molecule has 0 aliphatic rings. The van der Waals surface area contributed by atoms with E-state index < -0.39 is 0 Å². The van der Waals surface area contributed by atoms with Gasteiger partial charge in [0.2, 0.25) is 0 Å². The zero-order valence-electron chi connectivity index (χ0n) is 9.43. The summed E-state index contributed by atoms with van der Waals surface area (Å²) in [7, 11) is 0. The molecule has 0 amide bonds. The minimum Gasteiger partial charge on any atom is -0.508 e. The molecule has 4 N–H and O–H groups in total. The molecule has 0 aliphatic heterocycles. The van der Waals surface area contributed by atoms with Gasteiger partial charge in [-0.2, -0.15) is 0 Å². The van der Waals surface area contributed by atoms with Crippen LogP contribution in [0.5, 0.6) is 5.75 Å². The summed E-state index contributed by atoms with van der Waals surface area (Å²) >= 11 is 0. The average Bonchev–Trinajstić information content (AvgIpc) is 2.32. The highest BCUT2D eigenvalue weighted by molar-refractivity contribution is 5.42. The molecule has 0 spiro atoms. The molecule has 1 aromatic carbocycles. The molecule has 4 heteroatoms. The monoisotopic (exact) mass is 229 g/mol. The fourth-order valence-corrected chi connectivity index (χ4v) is 1.55. The van der Waals surface area contributed by atoms with Gasteiger partial charge >= 0.3 is 0 Å². The van der Waals surface area contributed by atoms with Crippen LogP contribution in [0.15, 0.2) is 42.5 Å². The second-order valence-electron chi connectivity index (χ2n) is 3.79. The second kappa shape index (κ2) is 5.21. The summed E-state index contributed by atoms with van der Waals surface area (Å²) in [5.74, 6) is 1.59. The molecule has 0 unspecified atom stereocenters. The van der Waals surface area contributed by atoms with Gasteiger partial charge in [0.1, 0.15) is 17.4 Å². The van der Waals surface area contributed by atoms with E-state index in [2.05, 4.69) is 10.3 Å². The topological polar surface area (TPSA) is 71.2 Å². The van der Waals surface area contributed by atoms with Crippen molar-refractivity contribution in [3.63, 3.8) is 0 Å². The molecule has 17 heavy (non-hydrogen) atoms. The van der Waals surface area contributed by atoms with Crippen molar-refractivity contribution in [2.45, 2.75) is 6.42 Å². The molecular formula is C13H15N3O. The summed E-state index contributed by atoms with van der Waals surface area (Å²) in [6, 6.07) is 12.7. The maximum absolute atomic E-state index is 9.15. The van der Waals surface area contributed by atoms with Crippen LogP contribution in [-0.2, 0) is 6.42 Å². The highest BCUT2D eigenvalue weighted by Crippen LogP contribution is 2.10. The number of nitrogens with two attached hydrogens (primary N) is 1. The van der Waals surface area contributed by atoms with Crippen molar-refractivity contribution in [2.24, 2.45) is 0 Å². The van der Waals surface area contributed by atoms with Gasteiger partial charge in [-0.15, -0.1) is 0 Å². The summed E-state index contributed by atoms with van der Waals surface area (Å²) in [5.41, 5.74) is 6.75. The third-order valence-electron chi connectivity index (χ3n) is 2.43. The fourth-order valence-electron chi connectivity index (χ4n) is 1.55. The van der Waals surface area contributed by atoms with Crippen molar-refractivity contribution in [3.8, 4) is 5.75 Å². The molecule has 0 fully saturated rings. The van der Waals surface area contributed by atoms with Gasteiger partial charge in [-0.1, -0.05) is 18.2 Å². The number of phenolic OH excluding ortho intramolecular Hbond substituents is 1. The Hall–Kier alpha value is -2.23. The van der Waals surface area contributed by atoms with Crippen LogP contribution in [0.2, 0.25) is 0 Å². The Morgan fingerprint density at radius 1 is 1.12 bits per heavy atom. The van der Waals surface area contributed by atoms with Gasteiger partial charge in [0.15, 0.2) is 0 Å². The van der Waals surface area contributed by atoms with E-state index in [9.17, 15) is 0 Å². The first kappa shape index (κ1) is 11.3. The van der Waals surface area contributed by atoms with Crippen molar-refractivity contribution in [1.82, 2.24) is 4.98 Å². The number of rotatable bonds is 4. The SMILES string of the molecule is Nc1cccc(NCCc2ccc(O)cc2)n1. The maximum Gasteiger partial charge on any atom is 0.128 e. The lowest BCUT2D eigenvalue weighted by molar-refractivity contribution is 0.475. The van der Waals surface area contributed by atoms with Gasteiger partial charge in [-0.05, 0) is 36.2 Å². The van der Waals surface area contributed by atoms with E-state index in [1.807, 2.05) is 24.3 Å². The van der Waals surface area contributed by atoms with Gasteiger partial charge in [-0.25, -0.2) is 4.98 Å². The molecule has 0 radical (unpaired) electrons. The summed E-state index contributed by atoms with van der Waals surface area (Å²) in [5, 5.41) is 12.3. The molecule has 1 aromatic heterocycles. The van der Waals surface area contributed by atoms with Crippen molar-refractivity contribution >= 4 is 11.6 Å². The van der Waals surface area contributed by atoms with E-state index in [4.69, 9.17) is 10.8 Å². The Morgan fingerprint density at radius 2 is 1.88 bits per heavy atom. The predicted molar refractivity (Wildman–Crippen MR) is 68.9 cm³/mol. The molecule has 0 bridgehead atoms. The lowest BCUT2D eigenvalue weighted by Crippen LogP contribution is -2.06. The quantitative estimate of drug-likeness (QED) is 0.750.